The highest BCUT2D eigenvalue weighted by atomic mass is 19.4. The zero-order chi connectivity index (χ0) is 37.9. The van der Waals surface area contributed by atoms with Crippen molar-refractivity contribution in [2.45, 2.75) is 49.8 Å². The molecule has 3 aliphatic rings. The number of pyridine rings is 1. The van der Waals surface area contributed by atoms with Crippen molar-refractivity contribution in [3.05, 3.63) is 53.7 Å². The predicted molar refractivity (Wildman–Crippen MR) is 155 cm³/mol. The maximum atomic E-state index is 12.7. The van der Waals surface area contributed by atoms with Gasteiger partial charge in [0, 0.05) is 30.6 Å². The molecule has 0 spiro atoms. The van der Waals surface area contributed by atoms with Gasteiger partial charge in [0.15, 0.2) is 0 Å². The van der Waals surface area contributed by atoms with Crippen molar-refractivity contribution in [2.24, 2.45) is 5.92 Å². The number of amides is 1. The Balaban J connectivity index is 0.000000338. The molecule has 1 aromatic heterocycles. The number of morpholine rings is 1. The van der Waals surface area contributed by atoms with Gasteiger partial charge < -0.3 is 35.6 Å². The lowest BCUT2D eigenvalue weighted by molar-refractivity contribution is -0.193. The van der Waals surface area contributed by atoms with Crippen molar-refractivity contribution in [2.75, 3.05) is 43.1 Å². The van der Waals surface area contributed by atoms with Gasteiger partial charge >= 0.3 is 36.4 Å². The third kappa shape index (κ3) is 15.3. The van der Waals surface area contributed by atoms with Crippen molar-refractivity contribution >= 4 is 35.3 Å². The Kier molecular flexibility index (Phi) is 14.8. The third-order valence-corrected chi connectivity index (χ3v) is 6.80. The zero-order valence-electron chi connectivity index (χ0n) is 25.6. The summed E-state index contributed by atoms with van der Waals surface area (Å²) in [6, 6.07) is 12.5. The molecule has 2 aliphatic carbocycles. The fraction of sp³-hybridized carbons (Fsp3) is 0.483. The molecule has 2 aromatic rings. The number of carbonyl (C=O) groups excluding carboxylic acids is 1. The second kappa shape index (κ2) is 17.8. The first-order valence-electron chi connectivity index (χ1n) is 14.4. The van der Waals surface area contributed by atoms with Crippen LogP contribution in [0.4, 0.5) is 51.0 Å². The molecule has 1 saturated heterocycles. The first-order chi connectivity index (χ1) is 23.1. The van der Waals surface area contributed by atoms with Crippen LogP contribution in [0.25, 0.3) is 0 Å². The molecule has 0 radical (unpaired) electrons. The quantitative estimate of drug-likeness (QED) is 0.244. The smallest absolute Gasteiger partial charge is 0.475 e. The molecular formula is C29H31F9N4O8. The van der Waals surface area contributed by atoms with Crippen LogP contribution >= 0.6 is 0 Å². The SMILES string of the molecule is O=C(Nc1ccc(N2CCOCC2)nc1)c1cccc([C@@H]2C[C@H]2NCC2CC2)c1.O=C(O)C(F)(F)F.O=C(O)C(F)(F)F.O=C(O)C(F)(F)F. The van der Waals surface area contributed by atoms with Crippen LogP contribution in [0.1, 0.15) is 41.1 Å². The van der Waals surface area contributed by atoms with Gasteiger partial charge in [-0.2, -0.15) is 39.5 Å². The molecule has 3 fully saturated rings. The summed E-state index contributed by atoms with van der Waals surface area (Å²) >= 11 is 0. The summed E-state index contributed by atoms with van der Waals surface area (Å²) < 4.78 is 101. The Labute approximate surface area is 277 Å². The van der Waals surface area contributed by atoms with Crippen LogP contribution in [-0.2, 0) is 19.1 Å². The van der Waals surface area contributed by atoms with E-state index in [0.29, 0.717) is 23.2 Å². The number of carboxylic acids is 3. The Morgan fingerprint density at radius 3 is 1.78 bits per heavy atom. The van der Waals surface area contributed by atoms with Crippen LogP contribution < -0.4 is 15.5 Å². The van der Waals surface area contributed by atoms with Crippen LogP contribution in [0.5, 0.6) is 0 Å². The highest BCUT2D eigenvalue weighted by Gasteiger charge is 2.40. The fourth-order valence-corrected chi connectivity index (χ4v) is 3.98. The Morgan fingerprint density at radius 1 is 0.820 bits per heavy atom. The summed E-state index contributed by atoms with van der Waals surface area (Å²) in [7, 11) is 0. The largest absolute Gasteiger partial charge is 0.490 e. The van der Waals surface area contributed by atoms with Gasteiger partial charge in [0.2, 0.25) is 0 Å². The van der Waals surface area contributed by atoms with E-state index in [2.05, 4.69) is 26.6 Å². The van der Waals surface area contributed by atoms with Crippen molar-refractivity contribution < 1.29 is 78.7 Å². The molecule has 5 N–H and O–H groups in total. The molecule has 0 unspecified atom stereocenters. The third-order valence-electron chi connectivity index (χ3n) is 6.80. The van der Waals surface area contributed by atoms with E-state index in [4.69, 9.17) is 34.4 Å². The summed E-state index contributed by atoms with van der Waals surface area (Å²) in [5, 5.41) is 28.0. The second-order valence-corrected chi connectivity index (χ2v) is 10.8. The lowest BCUT2D eigenvalue weighted by Gasteiger charge is -2.27. The molecule has 2 heterocycles. The first kappa shape index (κ1) is 41.5. The number of hydrogen-bond acceptors (Lipinski definition) is 8. The summed E-state index contributed by atoms with van der Waals surface area (Å²) in [4.78, 5) is 46.1. The fourth-order valence-electron chi connectivity index (χ4n) is 3.98. The van der Waals surface area contributed by atoms with E-state index in [9.17, 15) is 44.3 Å². The van der Waals surface area contributed by atoms with Gasteiger partial charge in [-0.05, 0) is 61.6 Å². The number of rotatable bonds is 7. The summed E-state index contributed by atoms with van der Waals surface area (Å²) in [5.41, 5.74) is 2.67. The normalized spacial score (nSPS) is 18.5. The molecule has 1 aliphatic heterocycles. The number of ether oxygens (including phenoxy) is 1. The van der Waals surface area contributed by atoms with E-state index in [1.807, 2.05) is 30.3 Å². The number of alkyl halides is 9. The Morgan fingerprint density at radius 2 is 1.34 bits per heavy atom. The van der Waals surface area contributed by atoms with Crippen LogP contribution in [0, 0.1) is 5.92 Å². The van der Waals surface area contributed by atoms with E-state index < -0.39 is 36.4 Å². The van der Waals surface area contributed by atoms with Gasteiger partial charge in [-0.3, -0.25) is 4.79 Å². The second-order valence-electron chi connectivity index (χ2n) is 10.8. The van der Waals surface area contributed by atoms with Crippen LogP contribution in [0.3, 0.4) is 0 Å². The minimum absolute atomic E-state index is 0.0871. The highest BCUT2D eigenvalue weighted by molar-refractivity contribution is 6.04. The van der Waals surface area contributed by atoms with Gasteiger partial charge in [-0.15, -0.1) is 0 Å². The number of carboxylic acid groups (broad SMARTS) is 3. The van der Waals surface area contributed by atoms with Crippen LogP contribution in [0.2, 0.25) is 0 Å². The molecule has 2 saturated carbocycles. The van der Waals surface area contributed by atoms with Gasteiger partial charge in [0.1, 0.15) is 5.82 Å². The average Bonchev–Trinajstić information content (AvgIpc) is 3.96. The topological polar surface area (TPSA) is 178 Å². The lowest BCUT2D eigenvalue weighted by atomic mass is 10.1. The van der Waals surface area contributed by atoms with Gasteiger partial charge in [0.05, 0.1) is 25.1 Å². The van der Waals surface area contributed by atoms with E-state index >= 15 is 0 Å². The Hall–Kier alpha value is -4.66. The maximum Gasteiger partial charge on any atom is 0.490 e. The predicted octanol–water partition coefficient (Wildman–Crippen LogP) is 4.93. The molecule has 21 heteroatoms. The molecule has 5 rings (SSSR count). The lowest BCUT2D eigenvalue weighted by Crippen LogP contribution is -2.36. The van der Waals surface area contributed by atoms with Gasteiger partial charge in [-0.25, -0.2) is 19.4 Å². The van der Waals surface area contributed by atoms with Gasteiger partial charge in [0.25, 0.3) is 5.91 Å². The Bertz CT molecular complexity index is 1390. The van der Waals surface area contributed by atoms with Crippen molar-refractivity contribution in [1.82, 2.24) is 10.3 Å². The standard InChI is InChI=1S/C23H28N4O2.3C2HF3O2/c28-23(26-19-6-7-22(25-15-19)27-8-10-29-11-9-27)18-3-1-2-17(12-18)20-13-21(20)24-14-16-4-5-16;3*3-2(4,5)1(6)7/h1-3,6-7,12,15-16,20-21,24H,4-5,8-11,13-14H2,(H,26,28);3*(H,6,7)/t20-,21+;;;/m0.../s1. The summed E-state index contributed by atoms with van der Waals surface area (Å²) in [6.45, 7) is 4.31. The first-order valence-corrected chi connectivity index (χ1v) is 14.4. The van der Waals surface area contributed by atoms with Crippen molar-refractivity contribution in [1.29, 1.82) is 0 Å². The maximum absolute atomic E-state index is 12.7. The molecule has 12 nitrogen and oxygen atoms in total. The number of halogens is 9. The van der Waals surface area contributed by atoms with E-state index in [0.717, 1.165) is 44.6 Å². The molecule has 50 heavy (non-hydrogen) atoms. The summed E-state index contributed by atoms with van der Waals surface area (Å²) in [5.74, 6) is -6.00. The molecular weight excluding hydrogens is 703 g/mol. The number of carbonyl (C=O) groups is 4. The number of aliphatic carboxylic acids is 3. The molecule has 0 bridgehead atoms. The van der Waals surface area contributed by atoms with E-state index in [1.165, 1.54) is 24.8 Å². The number of hydrogen-bond donors (Lipinski definition) is 5. The molecule has 2 atom stereocenters. The minimum Gasteiger partial charge on any atom is -0.475 e. The number of benzene rings is 1. The zero-order valence-corrected chi connectivity index (χ0v) is 25.6. The summed E-state index contributed by atoms with van der Waals surface area (Å²) in [6.07, 6.45) is -9.60. The van der Waals surface area contributed by atoms with Crippen molar-refractivity contribution in [3.63, 3.8) is 0 Å². The van der Waals surface area contributed by atoms with Crippen molar-refractivity contribution in [3.8, 4) is 0 Å². The number of anilines is 2. The monoisotopic (exact) mass is 734 g/mol. The van der Waals surface area contributed by atoms with Crippen LogP contribution in [-0.4, -0.2) is 102 Å². The van der Waals surface area contributed by atoms with E-state index in [-0.39, 0.29) is 5.91 Å². The number of aromatic nitrogens is 1. The van der Waals surface area contributed by atoms with Crippen LogP contribution in [0.15, 0.2) is 42.6 Å². The molecule has 1 amide bonds. The molecule has 278 valence electrons. The average molecular weight is 735 g/mol. The number of nitrogens with zero attached hydrogens (tertiary/aromatic N) is 2. The molecule has 1 aromatic carbocycles. The minimum atomic E-state index is -5.08. The van der Waals surface area contributed by atoms with E-state index in [1.54, 1.807) is 6.20 Å². The number of nitrogens with one attached hydrogen (secondary N) is 2. The highest BCUT2D eigenvalue weighted by Crippen LogP contribution is 2.42. The van der Waals surface area contributed by atoms with Gasteiger partial charge in [-0.1, -0.05) is 12.1 Å².